The maximum Gasteiger partial charge on any atom is 0.335 e. The highest BCUT2D eigenvalue weighted by Crippen LogP contribution is 2.53. The van der Waals surface area contributed by atoms with Gasteiger partial charge in [0.2, 0.25) is 0 Å². The molecule has 1 aromatic carbocycles. The maximum absolute atomic E-state index is 14.3. The summed E-state index contributed by atoms with van der Waals surface area (Å²) in [7, 11) is -3.36. The zero-order valence-corrected chi connectivity index (χ0v) is 38.3. The van der Waals surface area contributed by atoms with E-state index in [0.717, 1.165) is 47.9 Å². The average molecular weight is 777 g/mol. The normalized spacial score (nSPS) is 12.3. The van der Waals surface area contributed by atoms with Crippen molar-refractivity contribution >= 4 is 7.60 Å². The molecule has 0 atom stereocenters. The number of rotatable bonds is 38. The maximum atomic E-state index is 14.3. The van der Waals surface area contributed by atoms with Crippen molar-refractivity contribution in [3.8, 4) is 5.75 Å². The molecule has 0 unspecified atom stereocenters. The summed E-state index contributed by atoms with van der Waals surface area (Å²) in [6, 6.07) is 2.06. The molecule has 1 N–H and O–H groups in total. The van der Waals surface area contributed by atoms with Crippen LogP contribution < -0.4 is 0 Å². The van der Waals surface area contributed by atoms with Gasteiger partial charge in [0.25, 0.3) is 0 Å². The second-order valence-corrected chi connectivity index (χ2v) is 20.0. The molecule has 0 amide bonds. The number of aryl methyl sites for hydroxylation is 1. The summed E-state index contributed by atoms with van der Waals surface area (Å²) in [6.45, 7) is 15.9. The van der Waals surface area contributed by atoms with E-state index in [0.29, 0.717) is 19.0 Å². The molecule has 1 aromatic rings. The van der Waals surface area contributed by atoms with E-state index in [1.54, 1.807) is 0 Å². The minimum absolute atomic E-state index is 0.171. The standard InChI is InChI=1S/C49H93O4P/c1-8-10-12-14-16-18-20-22-24-26-28-30-32-34-36-38-40-52-54(51,43-46-44(3)42-47(49(5,6)7)48(50)45(46)4)53-41-39-37-35-33-31-29-27-25-23-21-19-17-15-13-11-9-2/h42,50H,8-41,43H2,1-7H3. The summed E-state index contributed by atoms with van der Waals surface area (Å²) in [5, 5.41) is 11.1. The van der Waals surface area contributed by atoms with Crippen molar-refractivity contribution in [2.45, 2.75) is 266 Å². The Balaban J connectivity index is 2.39. The highest BCUT2D eigenvalue weighted by atomic mass is 31.2. The monoisotopic (exact) mass is 777 g/mol. The lowest BCUT2D eigenvalue weighted by molar-refractivity contribution is 0.196. The largest absolute Gasteiger partial charge is 0.507 e. The van der Waals surface area contributed by atoms with Crippen LogP contribution in [0.4, 0.5) is 0 Å². The van der Waals surface area contributed by atoms with Crippen LogP contribution in [0.25, 0.3) is 0 Å². The van der Waals surface area contributed by atoms with Crippen molar-refractivity contribution in [3.05, 3.63) is 28.3 Å². The molecule has 0 radical (unpaired) electrons. The predicted molar refractivity (Wildman–Crippen MR) is 239 cm³/mol. The minimum atomic E-state index is -3.36. The third-order valence-corrected chi connectivity index (χ3v) is 13.5. The van der Waals surface area contributed by atoms with Gasteiger partial charge in [-0.25, -0.2) is 0 Å². The second-order valence-electron chi connectivity index (χ2n) is 18.0. The van der Waals surface area contributed by atoms with Crippen molar-refractivity contribution in [3.63, 3.8) is 0 Å². The van der Waals surface area contributed by atoms with Gasteiger partial charge in [-0.3, -0.25) is 4.57 Å². The van der Waals surface area contributed by atoms with Gasteiger partial charge in [-0.05, 0) is 54.4 Å². The molecule has 0 saturated carbocycles. The van der Waals surface area contributed by atoms with Crippen LogP contribution in [0.3, 0.4) is 0 Å². The van der Waals surface area contributed by atoms with Gasteiger partial charge in [0.1, 0.15) is 5.75 Å². The Hall–Kier alpha value is -0.830. The van der Waals surface area contributed by atoms with E-state index in [9.17, 15) is 9.67 Å². The Morgan fingerprint density at radius 2 is 0.778 bits per heavy atom. The first kappa shape index (κ1) is 51.2. The summed E-state index contributed by atoms with van der Waals surface area (Å²) in [6.07, 6.45) is 42.7. The molecular formula is C49H93O4P. The topological polar surface area (TPSA) is 55.8 Å². The summed E-state index contributed by atoms with van der Waals surface area (Å²) in [4.78, 5) is 0. The van der Waals surface area contributed by atoms with Crippen molar-refractivity contribution in [1.82, 2.24) is 0 Å². The number of phenols is 1. The summed E-state index contributed by atoms with van der Waals surface area (Å²) < 4.78 is 26.6. The molecule has 0 saturated heterocycles. The first-order chi connectivity index (χ1) is 26.1. The van der Waals surface area contributed by atoms with Crippen LogP contribution in [0.5, 0.6) is 5.75 Å². The Labute approximate surface area is 338 Å². The zero-order chi connectivity index (χ0) is 39.8. The van der Waals surface area contributed by atoms with E-state index in [2.05, 4.69) is 47.6 Å². The van der Waals surface area contributed by atoms with Crippen molar-refractivity contribution in [2.75, 3.05) is 13.2 Å². The Morgan fingerprint density at radius 3 is 1.06 bits per heavy atom. The van der Waals surface area contributed by atoms with E-state index >= 15 is 0 Å². The van der Waals surface area contributed by atoms with Gasteiger partial charge in [-0.15, -0.1) is 0 Å². The fourth-order valence-electron chi connectivity index (χ4n) is 7.86. The molecule has 0 aliphatic rings. The number of hydrogen-bond acceptors (Lipinski definition) is 4. The third kappa shape index (κ3) is 26.2. The predicted octanol–water partition coefficient (Wildman–Crippen LogP) is 17.6. The Morgan fingerprint density at radius 1 is 0.500 bits per heavy atom. The Kier molecular flexibility index (Phi) is 31.4. The average Bonchev–Trinajstić information content (AvgIpc) is 3.13. The van der Waals surface area contributed by atoms with Gasteiger partial charge in [-0.1, -0.05) is 233 Å². The molecule has 0 fully saturated rings. The molecule has 0 heterocycles. The van der Waals surface area contributed by atoms with Gasteiger partial charge in [-0.2, -0.15) is 0 Å². The van der Waals surface area contributed by atoms with Crippen LogP contribution in [0, 0.1) is 13.8 Å². The van der Waals surface area contributed by atoms with Crippen LogP contribution >= 0.6 is 7.60 Å². The summed E-state index contributed by atoms with van der Waals surface area (Å²) >= 11 is 0. The zero-order valence-electron chi connectivity index (χ0n) is 37.4. The fraction of sp³-hybridized carbons (Fsp3) is 0.878. The van der Waals surface area contributed by atoms with Crippen LogP contribution in [0.2, 0.25) is 0 Å². The van der Waals surface area contributed by atoms with Crippen LogP contribution in [0.1, 0.15) is 262 Å². The van der Waals surface area contributed by atoms with Gasteiger partial charge >= 0.3 is 7.60 Å². The number of phenolic OH excluding ortho intramolecular Hbond substituents is 1. The molecule has 1 rings (SSSR count). The van der Waals surface area contributed by atoms with Crippen LogP contribution in [0.15, 0.2) is 6.07 Å². The highest BCUT2D eigenvalue weighted by Gasteiger charge is 2.30. The molecule has 0 aliphatic heterocycles. The Bertz CT molecular complexity index is 1020. The first-order valence-electron chi connectivity index (χ1n) is 23.8. The lowest BCUT2D eigenvalue weighted by Gasteiger charge is -2.26. The first-order valence-corrected chi connectivity index (χ1v) is 25.5. The molecule has 0 aliphatic carbocycles. The van der Waals surface area contributed by atoms with E-state index in [-0.39, 0.29) is 11.6 Å². The lowest BCUT2D eigenvalue weighted by Crippen LogP contribution is -2.14. The van der Waals surface area contributed by atoms with Gasteiger partial charge in [0.15, 0.2) is 0 Å². The fourth-order valence-corrected chi connectivity index (χ4v) is 9.80. The number of hydrogen-bond donors (Lipinski definition) is 1. The van der Waals surface area contributed by atoms with E-state index in [1.165, 1.54) is 180 Å². The van der Waals surface area contributed by atoms with Gasteiger partial charge < -0.3 is 14.2 Å². The summed E-state index contributed by atoms with van der Waals surface area (Å²) in [5.74, 6) is 0.310. The van der Waals surface area contributed by atoms with Crippen LogP contribution in [-0.4, -0.2) is 18.3 Å². The minimum Gasteiger partial charge on any atom is -0.507 e. The van der Waals surface area contributed by atoms with E-state index < -0.39 is 7.60 Å². The van der Waals surface area contributed by atoms with Crippen molar-refractivity contribution in [1.29, 1.82) is 0 Å². The smallest absolute Gasteiger partial charge is 0.335 e. The van der Waals surface area contributed by atoms with Crippen LogP contribution in [-0.2, 0) is 25.2 Å². The molecule has 5 heteroatoms. The number of aromatic hydroxyl groups is 1. The van der Waals surface area contributed by atoms with E-state index in [1.807, 2.05) is 6.92 Å². The second kappa shape index (κ2) is 33.2. The molecule has 0 aromatic heterocycles. The van der Waals surface area contributed by atoms with Crippen molar-refractivity contribution < 1.29 is 18.7 Å². The quantitative estimate of drug-likeness (QED) is 0.0537. The molecule has 318 valence electrons. The molecular weight excluding hydrogens is 684 g/mol. The van der Waals surface area contributed by atoms with Gasteiger partial charge in [0, 0.05) is 0 Å². The van der Waals surface area contributed by atoms with E-state index in [4.69, 9.17) is 9.05 Å². The number of benzene rings is 1. The number of unbranched alkanes of at least 4 members (excludes halogenated alkanes) is 30. The molecule has 4 nitrogen and oxygen atoms in total. The molecule has 0 bridgehead atoms. The third-order valence-electron chi connectivity index (χ3n) is 11.6. The lowest BCUT2D eigenvalue weighted by atomic mass is 9.83. The van der Waals surface area contributed by atoms with Gasteiger partial charge in [0.05, 0.1) is 19.4 Å². The molecule has 54 heavy (non-hydrogen) atoms. The summed E-state index contributed by atoms with van der Waals surface area (Å²) in [5.41, 5.74) is 3.52. The highest BCUT2D eigenvalue weighted by molar-refractivity contribution is 7.53. The molecule has 0 spiro atoms. The van der Waals surface area contributed by atoms with Crippen molar-refractivity contribution in [2.24, 2.45) is 0 Å². The SMILES string of the molecule is CCCCCCCCCCCCCCCCCCOP(=O)(Cc1c(C)cc(C(C)(C)C)c(O)c1C)OCCCCCCCCCCCCCCCCCC.